The molecule has 7 heteroatoms. The van der Waals surface area contributed by atoms with Gasteiger partial charge in [0.2, 0.25) is 0 Å². The summed E-state index contributed by atoms with van der Waals surface area (Å²) in [6.07, 6.45) is 4.44. The maximum atomic E-state index is 13.5. The van der Waals surface area contributed by atoms with E-state index in [9.17, 15) is 9.18 Å². The van der Waals surface area contributed by atoms with Crippen molar-refractivity contribution in [2.24, 2.45) is 0 Å². The summed E-state index contributed by atoms with van der Waals surface area (Å²) in [6, 6.07) is 16.3. The zero-order chi connectivity index (χ0) is 21.1. The molecular formula is C23H26FN5O. The van der Waals surface area contributed by atoms with Gasteiger partial charge in [-0.15, -0.1) is 5.10 Å². The standard InChI is InChI=1S/C23H26FN5O/c1-23(2,21-15-29(28-27-21)20-9-4-3-5-10-20)26-22(30)25-19-12-11-17(14-19)16-7-6-8-18(24)13-16/h3-10,13,15,17,19H,11-12,14H2,1-2H3,(H2,25,26,30). The molecule has 2 aromatic carbocycles. The summed E-state index contributed by atoms with van der Waals surface area (Å²) in [5.74, 6) is 0.0525. The number of urea groups is 1. The zero-order valence-electron chi connectivity index (χ0n) is 17.2. The van der Waals surface area contributed by atoms with Crippen LogP contribution >= 0.6 is 0 Å². The van der Waals surface area contributed by atoms with E-state index in [4.69, 9.17) is 0 Å². The van der Waals surface area contributed by atoms with E-state index in [2.05, 4.69) is 20.9 Å². The molecule has 2 amide bonds. The molecule has 156 valence electrons. The highest BCUT2D eigenvalue weighted by Crippen LogP contribution is 2.34. The van der Waals surface area contributed by atoms with Crippen LogP contribution < -0.4 is 10.6 Å². The molecule has 0 radical (unpaired) electrons. The number of amides is 2. The Morgan fingerprint density at radius 1 is 1.13 bits per heavy atom. The second-order valence-corrected chi connectivity index (χ2v) is 8.37. The lowest BCUT2D eigenvalue weighted by Crippen LogP contribution is -2.49. The number of hydrogen-bond acceptors (Lipinski definition) is 3. The normalized spacial score (nSPS) is 18.9. The molecule has 2 atom stereocenters. The summed E-state index contributed by atoms with van der Waals surface area (Å²) in [6.45, 7) is 3.80. The fourth-order valence-corrected chi connectivity index (χ4v) is 4.00. The minimum absolute atomic E-state index is 0.0640. The largest absolute Gasteiger partial charge is 0.335 e. The molecule has 0 aliphatic heterocycles. The quantitative estimate of drug-likeness (QED) is 0.663. The minimum Gasteiger partial charge on any atom is -0.335 e. The molecule has 2 unspecified atom stereocenters. The van der Waals surface area contributed by atoms with Crippen LogP contribution in [0.15, 0.2) is 60.8 Å². The molecule has 0 saturated heterocycles. The number of nitrogens with zero attached hydrogens (tertiary/aromatic N) is 3. The first-order chi connectivity index (χ1) is 14.4. The van der Waals surface area contributed by atoms with E-state index < -0.39 is 5.54 Å². The van der Waals surface area contributed by atoms with Crippen molar-refractivity contribution in [2.45, 2.75) is 50.6 Å². The van der Waals surface area contributed by atoms with Crippen LogP contribution in [0.3, 0.4) is 0 Å². The smallest absolute Gasteiger partial charge is 0.315 e. The average Bonchev–Trinajstić information content (AvgIpc) is 3.38. The van der Waals surface area contributed by atoms with Gasteiger partial charge in [-0.05, 0) is 68.9 Å². The van der Waals surface area contributed by atoms with E-state index >= 15 is 0 Å². The maximum absolute atomic E-state index is 13.5. The Labute approximate surface area is 175 Å². The van der Waals surface area contributed by atoms with Gasteiger partial charge in [0, 0.05) is 6.04 Å². The number of carbonyl (C=O) groups excluding carboxylic acids is 1. The predicted octanol–water partition coefficient (Wildman–Crippen LogP) is 4.28. The van der Waals surface area contributed by atoms with Crippen LogP contribution in [0.5, 0.6) is 0 Å². The Balaban J connectivity index is 1.35. The third kappa shape index (κ3) is 4.50. The summed E-state index contributed by atoms with van der Waals surface area (Å²) < 4.78 is 15.2. The molecule has 30 heavy (non-hydrogen) atoms. The van der Waals surface area contributed by atoms with Crippen LogP contribution in [0, 0.1) is 5.82 Å². The first-order valence-corrected chi connectivity index (χ1v) is 10.2. The van der Waals surface area contributed by atoms with Gasteiger partial charge in [-0.1, -0.05) is 35.5 Å². The number of hydrogen-bond donors (Lipinski definition) is 2. The molecule has 1 fully saturated rings. The number of nitrogens with one attached hydrogen (secondary N) is 2. The molecular weight excluding hydrogens is 381 g/mol. The summed E-state index contributed by atoms with van der Waals surface area (Å²) in [5.41, 5.74) is 1.89. The maximum Gasteiger partial charge on any atom is 0.315 e. The second kappa shape index (κ2) is 8.26. The fraction of sp³-hybridized carbons (Fsp3) is 0.348. The third-order valence-electron chi connectivity index (χ3n) is 5.67. The van der Waals surface area contributed by atoms with Crippen molar-refractivity contribution >= 4 is 6.03 Å². The molecule has 1 aliphatic rings. The van der Waals surface area contributed by atoms with Crippen molar-refractivity contribution in [3.63, 3.8) is 0 Å². The molecule has 6 nitrogen and oxygen atoms in total. The van der Waals surface area contributed by atoms with Crippen LogP contribution in [0.25, 0.3) is 5.69 Å². The SMILES string of the molecule is CC(C)(NC(=O)NC1CCC(c2cccc(F)c2)C1)c1cn(-c2ccccc2)nn1. The van der Waals surface area contributed by atoms with Crippen molar-refractivity contribution in [1.29, 1.82) is 0 Å². The van der Waals surface area contributed by atoms with Gasteiger partial charge in [-0.2, -0.15) is 0 Å². The van der Waals surface area contributed by atoms with E-state index in [0.29, 0.717) is 5.69 Å². The van der Waals surface area contributed by atoms with E-state index in [1.165, 1.54) is 6.07 Å². The van der Waals surface area contributed by atoms with Crippen molar-refractivity contribution in [3.05, 3.63) is 77.9 Å². The highest BCUT2D eigenvalue weighted by Gasteiger charge is 2.30. The van der Waals surface area contributed by atoms with E-state index in [1.54, 1.807) is 16.8 Å². The van der Waals surface area contributed by atoms with Crippen molar-refractivity contribution in [3.8, 4) is 5.69 Å². The molecule has 1 saturated carbocycles. The summed E-state index contributed by atoms with van der Waals surface area (Å²) in [7, 11) is 0. The molecule has 4 rings (SSSR count). The Morgan fingerprint density at radius 2 is 1.93 bits per heavy atom. The van der Waals surface area contributed by atoms with Gasteiger partial charge in [0.1, 0.15) is 11.5 Å². The topological polar surface area (TPSA) is 71.8 Å². The lowest BCUT2D eigenvalue weighted by molar-refractivity contribution is 0.225. The van der Waals surface area contributed by atoms with Crippen LogP contribution in [0.2, 0.25) is 0 Å². The summed E-state index contributed by atoms with van der Waals surface area (Å²) >= 11 is 0. The van der Waals surface area contributed by atoms with Crippen molar-refractivity contribution in [1.82, 2.24) is 25.6 Å². The highest BCUT2D eigenvalue weighted by molar-refractivity contribution is 5.75. The number of benzene rings is 2. The Hall–Kier alpha value is -3.22. The van der Waals surface area contributed by atoms with Crippen LogP contribution in [0.1, 0.15) is 50.3 Å². The molecule has 2 N–H and O–H groups in total. The zero-order valence-corrected chi connectivity index (χ0v) is 17.2. The lowest BCUT2D eigenvalue weighted by Gasteiger charge is -2.25. The summed E-state index contributed by atoms with van der Waals surface area (Å²) in [4.78, 5) is 12.6. The fourth-order valence-electron chi connectivity index (χ4n) is 4.00. The van der Waals surface area contributed by atoms with E-state index in [0.717, 1.165) is 30.5 Å². The van der Waals surface area contributed by atoms with Gasteiger partial charge in [-0.25, -0.2) is 13.9 Å². The Bertz CT molecular complexity index is 1020. The number of aromatic nitrogens is 3. The van der Waals surface area contributed by atoms with Crippen LogP contribution in [-0.4, -0.2) is 27.1 Å². The van der Waals surface area contributed by atoms with Crippen molar-refractivity contribution < 1.29 is 9.18 Å². The van der Waals surface area contributed by atoms with Crippen LogP contribution in [-0.2, 0) is 5.54 Å². The third-order valence-corrected chi connectivity index (χ3v) is 5.67. The number of carbonyl (C=O) groups is 1. The predicted molar refractivity (Wildman–Crippen MR) is 113 cm³/mol. The Kier molecular flexibility index (Phi) is 5.53. The number of halogens is 1. The van der Waals surface area contributed by atoms with Gasteiger partial charge in [0.25, 0.3) is 0 Å². The van der Waals surface area contributed by atoms with Gasteiger partial charge in [0.05, 0.1) is 17.4 Å². The molecule has 1 aromatic heterocycles. The highest BCUT2D eigenvalue weighted by atomic mass is 19.1. The van der Waals surface area contributed by atoms with E-state index in [1.807, 2.05) is 56.4 Å². The average molecular weight is 407 g/mol. The van der Waals surface area contributed by atoms with Gasteiger partial charge in [-0.3, -0.25) is 0 Å². The van der Waals surface area contributed by atoms with Crippen LogP contribution in [0.4, 0.5) is 9.18 Å². The molecule has 0 bridgehead atoms. The van der Waals surface area contributed by atoms with Gasteiger partial charge >= 0.3 is 6.03 Å². The van der Waals surface area contributed by atoms with Gasteiger partial charge in [0.15, 0.2) is 0 Å². The monoisotopic (exact) mass is 407 g/mol. The van der Waals surface area contributed by atoms with Gasteiger partial charge < -0.3 is 10.6 Å². The molecule has 3 aromatic rings. The molecule has 1 heterocycles. The molecule has 0 spiro atoms. The van der Waals surface area contributed by atoms with E-state index in [-0.39, 0.29) is 23.8 Å². The number of rotatable bonds is 5. The number of para-hydroxylation sites is 1. The first-order valence-electron chi connectivity index (χ1n) is 10.2. The molecule has 1 aliphatic carbocycles. The van der Waals surface area contributed by atoms with Crippen molar-refractivity contribution in [2.75, 3.05) is 0 Å². The second-order valence-electron chi connectivity index (χ2n) is 8.37. The lowest BCUT2D eigenvalue weighted by atomic mass is 9.97. The Morgan fingerprint density at radius 3 is 2.70 bits per heavy atom. The minimum atomic E-state index is -0.683. The summed E-state index contributed by atoms with van der Waals surface area (Å²) in [5, 5.41) is 14.5. The first kappa shape index (κ1) is 20.1.